The van der Waals surface area contributed by atoms with Crippen LogP contribution in [0.15, 0.2) is 42.9 Å². The first-order valence-corrected chi connectivity index (χ1v) is 18.5. The number of H-pyrrole nitrogens is 1. The van der Waals surface area contributed by atoms with Crippen molar-refractivity contribution in [2.24, 2.45) is 17.3 Å². The Morgan fingerprint density at radius 2 is 1.92 bits per heavy atom. The SMILES string of the molecule is CCN1C(=O)CN(CCCCCO[C@H]2CC[C@H]3[C@@H]4CCc5cc(O)ccc5[C@H]4CC[C@]23C)c2ncc(-c3ccc(-c4ncn[nH]4)nc3C)nc21. The van der Waals surface area contributed by atoms with E-state index in [0.29, 0.717) is 59.8 Å². The van der Waals surface area contributed by atoms with E-state index in [1.54, 1.807) is 11.1 Å². The highest BCUT2D eigenvalue weighted by atomic mass is 16.5. The van der Waals surface area contributed by atoms with Crippen molar-refractivity contribution in [1.82, 2.24) is 30.1 Å². The molecular formula is C39H48N8O3. The number of phenolic OH excluding ortho intramolecular Hbond substituents is 1. The molecule has 0 radical (unpaired) electrons. The number of aromatic hydroxyl groups is 1. The van der Waals surface area contributed by atoms with Gasteiger partial charge in [0.15, 0.2) is 17.5 Å². The molecule has 0 unspecified atom stereocenters. The van der Waals surface area contributed by atoms with Crippen molar-refractivity contribution in [2.45, 2.75) is 90.6 Å². The lowest BCUT2D eigenvalue weighted by Crippen LogP contribution is -2.47. The first-order chi connectivity index (χ1) is 24.3. The molecule has 1 amide bonds. The summed E-state index contributed by atoms with van der Waals surface area (Å²) in [5.41, 5.74) is 6.16. The molecule has 4 aliphatic rings. The Hall–Kier alpha value is -4.38. The Balaban J connectivity index is 0.862. The number of rotatable bonds is 10. The van der Waals surface area contributed by atoms with Gasteiger partial charge in [0.2, 0.25) is 5.91 Å². The fraction of sp³-hybridized carbons (Fsp3) is 0.538. The van der Waals surface area contributed by atoms with Crippen LogP contribution in [0.5, 0.6) is 5.75 Å². The highest BCUT2D eigenvalue weighted by molar-refractivity contribution is 6.01. The van der Waals surface area contributed by atoms with E-state index >= 15 is 0 Å². The number of benzene rings is 1. The second-order valence-corrected chi connectivity index (χ2v) is 15.0. The largest absolute Gasteiger partial charge is 0.508 e. The first kappa shape index (κ1) is 32.8. The summed E-state index contributed by atoms with van der Waals surface area (Å²) in [5.74, 6) is 4.50. The van der Waals surface area contributed by atoms with Crippen molar-refractivity contribution in [1.29, 1.82) is 0 Å². The fourth-order valence-electron chi connectivity index (χ4n) is 9.75. The van der Waals surface area contributed by atoms with Crippen LogP contribution in [0.4, 0.5) is 11.6 Å². The van der Waals surface area contributed by atoms with Crippen LogP contribution in [0.25, 0.3) is 22.8 Å². The quantitative estimate of drug-likeness (QED) is 0.178. The number of unbranched alkanes of at least 4 members (excludes halogenated alkanes) is 2. The van der Waals surface area contributed by atoms with E-state index in [1.807, 2.05) is 38.1 Å². The van der Waals surface area contributed by atoms with E-state index in [4.69, 9.17) is 19.7 Å². The summed E-state index contributed by atoms with van der Waals surface area (Å²) in [7, 11) is 0. The molecule has 262 valence electrons. The average Bonchev–Trinajstić information content (AvgIpc) is 3.78. The molecule has 50 heavy (non-hydrogen) atoms. The van der Waals surface area contributed by atoms with Crippen molar-refractivity contribution < 1.29 is 14.6 Å². The number of carbonyl (C=O) groups excluding carboxylic acids is 1. The lowest BCUT2D eigenvalue weighted by molar-refractivity contribution is -0.117. The summed E-state index contributed by atoms with van der Waals surface area (Å²) in [6.45, 7) is 8.81. The third-order valence-electron chi connectivity index (χ3n) is 12.3. The number of nitrogens with zero attached hydrogens (tertiary/aromatic N) is 7. The number of ether oxygens (including phenoxy) is 1. The highest BCUT2D eigenvalue weighted by Gasteiger charge is 2.55. The van der Waals surface area contributed by atoms with E-state index < -0.39 is 0 Å². The van der Waals surface area contributed by atoms with Gasteiger partial charge in [-0.3, -0.25) is 14.8 Å². The maximum absolute atomic E-state index is 13.2. The minimum absolute atomic E-state index is 0.0450. The Morgan fingerprint density at radius 1 is 1.02 bits per heavy atom. The zero-order chi connectivity index (χ0) is 34.4. The maximum Gasteiger partial charge on any atom is 0.247 e. The number of aromatic nitrogens is 6. The van der Waals surface area contributed by atoms with Crippen LogP contribution in [0.3, 0.4) is 0 Å². The number of nitrogens with one attached hydrogen (secondary N) is 1. The van der Waals surface area contributed by atoms with Gasteiger partial charge in [0.25, 0.3) is 0 Å². The molecule has 2 N–H and O–H groups in total. The van der Waals surface area contributed by atoms with Gasteiger partial charge in [-0.1, -0.05) is 13.0 Å². The standard InChI is InChI=1S/C39H48N8O3/c1-4-47-35(49)22-46(37-38(47)44-33(21-40-37)27-12-14-32(43-24(27)2)36-41-23-42-45-36)18-6-5-7-19-50-34-15-13-31-30-10-8-25-20-26(48)9-11-28(25)29(30)16-17-39(31,34)3/h9,11-12,14,20-21,23,29-31,34,48H,4-8,10,13,15-19,22H2,1-3H3,(H,41,42,45)/t29-,30-,31+,34+,39+/m1/s1. The highest BCUT2D eigenvalue weighted by Crippen LogP contribution is 2.61. The van der Waals surface area contributed by atoms with Gasteiger partial charge in [0.1, 0.15) is 17.8 Å². The summed E-state index contributed by atoms with van der Waals surface area (Å²) >= 11 is 0. The summed E-state index contributed by atoms with van der Waals surface area (Å²) in [4.78, 5) is 35.8. The number of hydrogen-bond acceptors (Lipinski definition) is 9. The van der Waals surface area contributed by atoms with E-state index in [-0.39, 0.29) is 11.3 Å². The summed E-state index contributed by atoms with van der Waals surface area (Å²) in [6, 6.07) is 9.92. The number of likely N-dealkylation sites (N-methyl/N-ethyl adjacent to an activating group) is 1. The number of aromatic amines is 1. The molecule has 0 saturated heterocycles. The lowest BCUT2D eigenvalue weighted by atomic mass is 9.55. The third kappa shape index (κ3) is 5.83. The van der Waals surface area contributed by atoms with Crippen molar-refractivity contribution >= 4 is 17.5 Å². The predicted octanol–water partition coefficient (Wildman–Crippen LogP) is 6.62. The normalized spacial score (nSPS) is 25.6. The minimum Gasteiger partial charge on any atom is -0.508 e. The molecule has 2 saturated carbocycles. The van der Waals surface area contributed by atoms with Crippen molar-refractivity contribution in [2.75, 3.05) is 36.0 Å². The molecule has 11 nitrogen and oxygen atoms in total. The maximum atomic E-state index is 13.2. The van der Waals surface area contributed by atoms with Crippen LogP contribution in [-0.2, 0) is 16.0 Å². The van der Waals surface area contributed by atoms with Crippen molar-refractivity contribution in [3.05, 3.63) is 59.7 Å². The smallest absolute Gasteiger partial charge is 0.247 e. The summed E-state index contributed by atoms with van der Waals surface area (Å²) in [5, 5.41) is 16.8. The number of aryl methyl sites for hydroxylation is 2. The first-order valence-electron chi connectivity index (χ1n) is 18.5. The van der Waals surface area contributed by atoms with Crippen LogP contribution in [0, 0.1) is 24.2 Å². The van der Waals surface area contributed by atoms with Gasteiger partial charge in [0.05, 0.1) is 24.5 Å². The number of fused-ring (bicyclic) bond motifs is 6. The predicted molar refractivity (Wildman–Crippen MR) is 192 cm³/mol. The minimum atomic E-state index is 0.0450. The molecule has 8 rings (SSSR count). The molecule has 11 heteroatoms. The van der Waals surface area contributed by atoms with E-state index in [2.05, 4.69) is 33.1 Å². The number of anilines is 2. The van der Waals surface area contributed by atoms with E-state index in [0.717, 1.165) is 68.2 Å². The molecule has 5 atom stereocenters. The second-order valence-electron chi connectivity index (χ2n) is 15.0. The third-order valence-corrected chi connectivity index (χ3v) is 12.3. The van der Waals surface area contributed by atoms with E-state index in [9.17, 15) is 9.90 Å². The zero-order valence-electron chi connectivity index (χ0n) is 29.4. The molecule has 4 aromatic rings. The molecule has 4 heterocycles. The van der Waals surface area contributed by atoms with Gasteiger partial charge < -0.3 is 14.7 Å². The molecule has 1 aliphatic heterocycles. The van der Waals surface area contributed by atoms with Gasteiger partial charge in [-0.15, -0.1) is 0 Å². The number of amides is 1. The average molecular weight is 677 g/mol. The number of pyridine rings is 1. The van der Waals surface area contributed by atoms with Crippen LogP contribution >= 0.6 is 0 Å². The molecular weight excluding hydrogens is 628 g/mol. The van der Waals surface area contributed by atoms with Crippen LogP contribution in [-0.4, -0.2) is 73.5 Å². The van der Waals surface area contributed by atoms with Crippen molar-refractivity contribution in [3.63, 3.8) is 0 Å². The van der Waals surface area contributed by atoms with Crippen LogP contribution in [0.2, 0.25) is 0 Å². The van der Waals surface area contributed by atoms with Gasteiger partial charge in [-0.25, -0.2) is 19.9 Å². The topological polar surface area (TPSA) is 133 Å². The van der Waals surface area contributed by atoms with Crippen LogP contribution in [0.1, 0.15) is 88.0 Å². The monoisotopic (exact) mass is 676 g/mol. The van der Waals surface area contributed by atoms with Gasteiger partial charge in [-0.05, 0) is 130 Å². The molecule has 3 aromatic heterocycles. The molecule has 3 aliphatic carbocycles. The number of phenols is 1. The van der Waals surface area contributed by atoms with Crippen LogP contribution < -0.4 is 9.80 Å². The Bertz CT molecular complexity index is 1860. The van der Waals surface area contributed by atoms with Gasteiger partial charge in [-0.2, -0.15) is 5.10 Å². The Kier molecular flexibility index (Phi) is 8.79. The number of carbonyl (C=O) groups is 1. The summed E-state index contributed by atoms with van der Waals surface area (Å²) in [6.07, 6.45) is 13.8. The van der Waals surface area contributed by atoms with Gasteiger partial charge >= 0.3 is 0 Å². The second kappa shape index (κ2) is 13.4. The molecule has 0 spiro atoms. The van der Waals surface area contributed by atoms with E-state index in [1.165, 1.54) is 43.1 Å². The van der Waals surface area contributed by atoms with Crippen molar-refractivity contribution in [3.8, 4) is 28.5 Å². The fourth-order valence-corrected chi connectivity index (χ4v) is 9.75. The summed E-state index contributed by atoms with van der Waals surface area (Å²) < 4.78 is 6.68. The lowest BCUT2D eigenvalue weighted by Gasteiger charge is -2.50. The zero-order valence-corrected chi connectivity index (χ0v) is 29.4. The molecule has 2 fully saturated rings. The van der Waals surface area contributed by atoms with Gasteiger partial charge in [0, 0.05) is 31.0 Å². The Morgan fingerprint density at radius 3 is 2.74 bits per heavy atom. The number of hydrogen-bond donors (Lipinski definition) is 2. The molecule has 0 bridgehead atoms. The molecule has 1 aromatic carbocycles. The Labute approximate surface area is 293 Å².